The second kappa shape index (κ2) is 6.50. The van der Waals surface area contributed by atoms with Crippen molar-refractivity contribution in [1.29, 1.82) is 0 Å². The molecule has 0 saturated carbocycles. The van der Waals surface area contributed by atoms with E-state index in [4.69, 9.17) is 4.74 Å². The number of hydrogen-bond acceptors (Lipinski definition) is 6. The first kappa shape index (κ1) is 16.9. The van der Waals surface area contributed by atoms with Crippen molar-refractivity contribution in [1.82, 2.24) is 25.1 Å². The van der Waals surface area contributed by atoms with Crippen molar-refractivity contribution in [2.24, 2.45) is 0 Å². The van der Waals surface area contributed by atoms with Gasteiger partial charge in [0.05, 0.1) is 6.54 Å². The first-order chi connectivity index (χ1) is 11.8. The van der Waals surface area contributed by atoms with Gasteiger partial charge in [-0.3, -0.25) is 15.2 Å². The van der Waals surface area contributed by atoms with Crippen molar-refractivity contribution in [2.45, 2.75) is 39.3 Å². The zero-order valence-corrected chi connectivity index (χ0v) is 14.4. The van der Waals surface area contributed by atoms with Gasteiger partial charge in [-0.1, -0.05) is 0 Å². The minimum absolute atomic E-state index is 0.198. The van der Waals surface area contributed by atoms with E-state index in [1.807, 2.05) is 20.8 Å². The Morgan fingerprint density at radius 2 is 2.00 bits per heavy atom. The van der Waals surface area contributed by atoms with Crippen LogP contribution >= 0.6 is 0 Å². The summed E-state index contributed by atoms with van der Waals surface area (Å²) in [5.41, 5.74) is 1.19. The molecule has 0 saturated heterocycles. The number of aromatic amines is 1. The molecular weight excluding hydrogens is 324 g/mol. The Morgan fingerprint density at radius 3 is 2.68 bits per heavy atom. The molecule has 2 amide bonds. The molecule has 2 aromatic rings. The third kappa shape index (κ3) is 3.93. The van der Waals surface area contributed by atoms with Gasteiger partial charge in [0, 0.05) is 36.6 Å². The minimum Gasteiger partial charge on any atom is -0.444 e. The summed E-state index contributed by atoms with van der Waals surface area (Å²) in [7, 11) is 0. The van der Waals surface area contributed by atoms with Crippen molar-refractivity contribution >= 4 is 17.9 Å². The Bertz CT molecular complexity index is 781. The van der Waals surface area contributed by atoms with Crippen LogP contribution in [0.15, 0.2) is 18.5 Å². The Kier molecular flexibility index (Phi) is 4.39. The average Bonchev–Trinajstić information content (AvgIpc) is 2.97. The van der Waals surface area contributed by atoms with Crippen molar-refractivity contribution in [2.75, 3.05) is 11.9 Å². The summed E-state index contributed by atoms with van der Waals surface area (Å²) in [5.74, 6) is -0.223. The summed E-state index contributed by atoms with van der Waals surface area (Å²) in [6.45, 7) is 6.22. The second-order valence-corrected chi connectivity index (χ2v) is 6.71. The third-order valence-corrected chi connectivity index (χ3v) is 3.59. The molecule has 3 heterocycles. The lowest BCUT2D eigenvalue weighted by Crippen LogP contribution is -2.40. The largest absolute Gasteiger partial charge is 0.444 e. The van der Waals surface area contributed by atoms with E-state index >= 15 is 0 Å². The number of H-pyrrole nitrogens is 1. The topological polar surface area (TPSA) is 113 Å². The lowest BCUT2D eigenvalue weighted by molar-refractivity contribution is 0.0222. The number of ether oxygens (including phenoxy) is 1. The number of nitrogens with zero attached hydrogens (tertiary/aromatic N) is 4. The zero-order chi connectivity index (χ0) is 18.0. The SMILES string of the molecule is CC(C)(C)OC(=O)N1CCc2[nH]nc(C(=O)Nc3ncccn3)c2C1. The highest BCUT2D eigenvalue weighted by molar-refractivity contribution is 6.03. The van der Waals surface area contributed by atoms with E-state index in [9.17, 15) is 9.59 Å². The summed E-state index contributed by atoms with van der Waals surface area (Å²) in [6, 6.07) is 1.66. The Labute approximate surface area is 144 Å². The molecule has 2 aromatic heterocycles. The molecule has 0 unspecified atom stereocenters. The Balaban J connectivity index is 1.75. The fraction of sp³-hybridized carbons (Fsp3) is 0.438. The van der Waals surface area contributed by atoms with Gasteiger partial charge in [-0.25, -0.2) is 14.8 Å². The molecule has 0 bridgehead atoms. The fourth-order valence-corrected chi connectivity index (χ4v) is 2.49. The van der Waals surface area contributed by atoms with Crippen LogP contribution in [0.4, 0.5) is 10.7 Å². The Morgan fingerprint density at radius 1 is 1.28 bits per heavy atom. The van der Waals surface area contributed by atoms with Gasteiger partial charge in [0.2, 0.25) is 5.95 Å². The van der Waals surface area contributed by atoms with Gasteiger partial charge in [0.25, 0.3) is 5.91 Å². The van der Waals surface area contributed by atoms with Crippen LogP contribution in [-0.4, -0.2) is 49.2 Å². The van der Waals surface area contributed by atoms with Crippen LogP contribution < -0.4 is 5.32 Å². The van der Waals surface area contributed by atoms with Crippen molar-refractivity contribution < 1.29 is 14.3 Å². The maximum absolute atomic E-state index is 12.4. The average molecular weight is 344 g/mol. The van der Waals surface area contributed by atoms with E-state index in [0.29, 0.717) is 18.5 Å². The molecule has 0 aliphatic carbocycles. The first-order valence-corrected chi connectivity index (χ1v) is 7.96. The summed E-state index contributed by atoms with van der Waals surface area (Å²) < 4.78 is 5.40. The third-order valence-electron chi connectivity index (χ3n) is 3.59. The highest BCUT2D eigenvalue weighted by Crippen LogP contribution is 2.22. The smallest absolute Gasteiger partial charge is 0.410 e. The number of rotatable bonds is 2. The molecule has 25 heavy (non-hydrogen) atoms. The van der Waals surface area contributed by atoms with Crippen molar-refractivity contribution in [3.05, 3.63) is 35.4 Å². The molecule has 0 aromatic carbocycles. The van der Waals surface area contributed by atoms with Gasteiger partial charge in [0.15, 0.2) is 5.69 Å². The molecule has 9 heteroatoms. The maximum Gasteiger partial charge on any atom is 0.410 e. The van der Waals surface area contributed by atoms with Crippen molar-refractivity contribution in [3.8, 4) is 0 Å². The summed E-state index contributed by atoms with van der Waals surface area (Å²) in [6.07, 6.45) is 3.24. The van der Waals surface area contributed by atoms with Crippen LogP contribution in [0.25, 0.3) is 0 Å². The monoisotopic (exact) mass is 344 g/mol. The van der Waals surface area contributed by atoms with Crippen LogP contribution in [-0.2, 0) is 17.7 Å². The highest BCUT2D eigenvalue weighted by Gasteiger charge is 2.30. The van der Waals surface area contributed by atoms with E-state index in [1.165, 1.54) is 12.4 Å². The molecule has 3 rings (SSSR count). The van der Waals surface area contributed by atoms with Gasteiger partial charge in [-0.15, -0.1) is 0 Å². The molecule has 1 aliphatic rings. The van der Waals surface area contributed by atoms with Gasteiger partial charge < -0.3 is 9.64 Å². The fourth-order valence-electron chi connectivity index (χ4n) is 2.49. The van der Waals surface area contributed by atoms with E-state index in [2.05, 4.69) is 25.5 Å². The van der Waals surface area contributed by atoms with Gasteiger partial charge >= 0.3 is 6.09 Å². The predicted octanol–water partition coefficient (Wildman–Crippen LogP) is 1.75. The Hall–Kier alpha value is -2.97. The molecule has 0 spiro atoms. The molecular formula is C16H20N6O3. The van der Waals surface area contributed by atoms with Crippen molar-refractivity contribution in [3.63, 3.8) is 0 Å². The number of carbonyl (C=O) groups excluding carboxylic acids is 2. The number of nitrogens with one attached hydrogen (secondary N) is 2. The minimum atomic E-state index is -0.571. The molecule has 9 nitrogen and oxygen atoms in total. The summed E-state index contributed by atoms with van der Waals surface area (Å²) in [4.78, 5) is 34.2. The number of fused-ring (bicyclic) bond motifs is 1. The number of carbonyl (C=O) groups is 2. The van der Waals surface area contributed by atoms with Crippen LogP contribution in [0.3, 0.4) is 0 Å². The standard InChI is InChI=1S/C16H20N6O3/c1-16(2,3)25-15(24)22-8-5-11-10(9-22)12(21-20-11)13(23)19-14-17-6-4-7-18-14/h4,6-7H,5,8-9H2,1-3H3,(H,20,21)(H,17,18,19,23). The maximum atomic E-state index is 12.4. The van der Waals surface area contributed by atoms with Gasteiger partial charge in [-0.05, 0) is 26.8 Å². The molecule has 0 fully saturated rings. The van der Waals surface area contributed by atoms with Crippen LogP contribution in [0.5, 0.6) is 0 Å². The number of hydrogen-bond donors (Lipinski definition) is 2. The number of aromatic nitrogens is 4. The van der Waals surface area contributed by atoms with E-state index in [1.54, 1.807) is 11.0 Å². The lowest BCUT2D eigenvalue weighted by atomic mass is 10.1. The quantitative estimate of drug-likeness (QED) is 0.858. The second-order valence-electron chi connectivity index (χ2n) is 6.71. The molecule has 1 aliphatic heterocycles. The molecule has 2 N–H and O–H groups in total. The summed E-state index contributed by atoms with van der Waals surface area (Å²) in [5, 5.41) is 9.56. The predicted molar refractivity (Wildman–Crippen MR) is 88.9 cm³/mol. The normalized spacial score (nSPS) is 14.0. The van der Waals surface area contributed by atoms with Crippen LogP contribution in [0, 0.1) is 0 Å². The number of anilines is 1. The van der Waals surface area contributed by atoms with Crippen LogP contribution in [0.1, 0.15) is 42.5 Å². The van der Waals surface area contributed by atoms with Crippen LogP contribution in [0.2, 0.25) is 0 Å². The molecule has 132 valence electrons. The molecule has 0 atom stereocenters. The summed E-state index contributed by atoms with van der Waals surface area (Å²) >= 11 is 0. The van der Waals surface area contributed by atoms with E-state index < -0.39 is 17.6 Å². The number of amides is 2. The lowest BCUT2D eigenvalue weighted by Gasteiger charge is -2.30. The van der Waals surface area contributed by atoms with E-state index in [0.717, 1.165) is 5.69 Å². The highest BCUT2D eigenvalue weighted by atomic mass is 16.6. The van der Waals surface area contributed by atoms with E-state index in [-0.39, 0.29) is 18.2 Å². The zero-order valence-electron chi connectivity index (χ0n) is 14.4. The van der Waals surface area contributed by atoms with Gasteiger partial charge in [-0.2, -0.15) is 5.10 Å². The first-order valence-electron chi connectivity index (χ1n) is 7.96. The van der Waals surface area contributed by atoms with Gasteiger partial charge in [0.1, 0.15) is 5.60 Å². The molecule has 0 radical (unpaired) electrons.